The van der Waals surface area contributed by atoms with Crippen molar-refractivity contribution in [2.45, 2.75) is 48.4 Å². The molecule has 2 aliphatic heterocycles. The number of anilines is 1. The van der Waals surface area contributed by atoms with Crippen LogP contribution in [0.15, 0.2) is 52.5 Å². The molecule has 4 rings (SSSR count). The first-order valence-corrected chi connectivity index (χ1v) is 13.9. The van der Waals surface area contributed by atoms with Crippen LogP contribution < -0.4 is 4.90 Å². The third kappa shape index (κ3) is 4.52. The highest BCUT2D eigenvalue weighted by Crippen LogP contribution is 2.28. The molecule has 9 nitrogen and oxygen atoms in total. The molecule has 0 radical (unpaired) electrons. The summed E-state index contributed by atoms with van der Waals surface area (Å²) in [6.07, 6.45) is 6.84. The van der Waals surface area contributed by atoms with Crippen LogP contribution >= 0.6 is 0 Å². The van der Waals surface area contributed by atoms with Crippen molar-refractivity contribution < 1.29 is 16.8 Å². The minimum Gasteiger partial charge on any atom is -0.338 e. The van der Waals surface area contributed by atoms with Crippen LogP contribution in [0.4, 0.5) is 5.95 Å². The van der Waals surface area contributed by atoms with Crippen LogP contribution in [0.1, 0.15) is 32.6 Å². The predicted octanol–water partition coefficient (Wildman–Crippen LogP) is 1.94. The lowest BCUT2D eigenvalue weighted by atomic mass is 10.0. The highest BCUT2D eigenvalue weighted by atomic mass is 32.2. The van der Waals surface area contributed by atoms with Crippen LogP contribution in [0.25, 0.3) is 0 Å². The molecule has 0 amide bonds. The number of hydrogen-bond acceptors (Lipinski definition) is 7. The molecule has 2 aromatic rings. The van der Waals surface area contributed by atoms with Crippen molar-refractivity contribution in [2.24, 2.45) is 0 Å². The molecule has 0 bridgehead atoms. The maximum Gasteiger partial charge on any atom is 0.243 e. The molecule has 0 N–H and O–H groups in total. The fourth-order valence-corrected chi connectivity index (χ4v) is 7.54. The fraction of sp³-hybridized carbons (Fsp3) is 0.524. The van der Waals surface area contributed by atoms with Gasteiger partial charge in [0, 0.05) is 51.2 Å². The van der Waals surface area contributed by atoms with E-state index in [1.165, 1.54) is 28.6 Å². The van der Waals surface area contributed by atoms with Gasteiger partial charge in [0.05, 0.1) is 9.79 Å². The van der Waals surface area contributed by atoms with E-state index in [4.69, 9.17) is 0 Å². The van der Waals surface area contributed by atoms with Crippen molar-refractivity contribution in [3.05, 3.63) is 42.7 Å². The molecule has 0 saturated carbocycles. The number of rotatable bonds is 6. The normalized spacial score (nSPS) is 21.5. The first-order chi connectivity index (χ1) is 15.3. The summed E-state index contributed by atoms with van der Waals surface area (Å²) in [6, 6.07) is 7.37. The summed E-state index contributed by atoms with van der Waals surface area (Å²) in [5.74, 6) is 0.585. The van der Waals surface area contributed by atoms with Crippen LogP contribution in [0.2, 0.25) is 0 Å². The molecule has 0 spiro atoms. The number of piperidine rings is 1. The van der Waals surface area contributed by atoms with Crippen LogP contribution in [-0.2, 0) is 20.0 Å². The van der Waals surface area contributed by atoms with E-state index in [1.807, 2.05) is 11.8 Å². The molecular formula is C21H29N5O4S2. The van der Waals surface area contributed by atoms with Gasteiger partial charge in [-0.2, -0.15) is 8.61 Å². The average Bonchev–Trinajstić information content (AvgIpc) is 2.84. The number of nitrogens with zero attached hydrogens (tertiary/aromatic N) is 5. The Morgan fingerprint density at radius 1 is 0.844 bits per heavy atom. The molecule has 1 aromatic carbocycles. The van der Waals surface area contributed by atoms with E-state index < -0.39 is 20.0 Å². The molecule has 2 aliphatic rings. The summed E-state index contributed by atoms with van der Waals surface area (Å²) >= 11 is 0. The van der Waals surface area contributed by atoms with Gasteiger partial charge in [0.2, 0.25) is 26.0 Å². The molecule has 11 heteroatoms. The topological polar surface area (TPSA) is 104 Å². The van der Waals surface area contributed by atoms with Gasteiger partial charge in [0.25, 0.3) is 0 Å². The summed E-state index contributed by atoms with van der Waals surface area (Å²) in [5.41, 5.74) is 0. The maximum absolute atomic E-state index is 13.1. The quantitative estimate of drug-likeness (QED) is 0.624. The summed E-state index contributed by atoms with van der Waals surface area (Å²) in [5, 5.41) is 0. The second-order valence-electron chi connectivity index (χ2n) is 8.08. The summed E-state index contributed by atoms with van der Waals surface area (Å²) in [6.45, 7) is 4.11. The summed E-state index contributed by atoms with van der Waals surface area (Å²) in [7, 11) is -7.36. The van der Waals surface area contributed by atoms with Crippen molar-refractivity contribution >= 4 is 26.0 Å². The number of aromatic nitrogens is 2. The largest absolute Gasteiger partial charge is 0.338 e. The Kier molecular flexibility index (Phi) is 6.80. The monoisotopic (exact) mass is 479 g/mol. The molecule has 2 saturated heterocycles. The third-order valence-electron chi connectivity index (χ3n) is 6.19. The van der Waals surface area contributed by atoms with Gasteiger partial charge in [-0.05, 0) is 49.6 Å². The van der Waals surface area contributed by atoms with Gasteiger partial charge in [-0.25, -0.2) is 26.8 Å². The lowest BCUT2D eigenvalue weighted by molar-refractivity contribution is 0.246. The number of piperazine rings is 1. The molecule has 1 aromatic heterocycles. The highest BCUT2D eigenvalue weighted by Gasteiger charge is 2.33. The standard InChI is InChI=1S/C21H29N5O4S2/c1-2-18-6-3-4-13-26(18)32(29,30)20-9-7-19(8-10-20)31(27,28)25-16-14-24(15-17-25)21-22-11-5-12-23-21/h5,7-12,18H,2-4,6,13-17H2,1H3/t18-/m1/s1. The molecule has 174 valence electrons. The van der Waals surface area contributed by atoms with E-state index in [2.05, 4.69) is 9.97 Å². The minimum absolute atomic E-state index is 0.00190. The van der Waals surface area contributed by atoms with Gasteiger partial charge < -0.3 is 4.90 Å². The minimum atomic E-state index is -3.71. The zero-order valence-electron chi connectivity index (χ0n) is 18.2. The van der Waals surface area contributed by atoms with E-state index in [-0.39, 0.29) is 15.8 Å². The van der Waals surface area contributed by atoms with Gasteiger partial charge in [-0.15, -0.1) is 0 Å². The molecule has 0 unspecified atom stereocenters. The van der Waals surface area contributed by atoms with Crippen molar-refractivity contribution in [3.8, 4) is 0 Å². The Morgan fingerprint density at radius 3 is 2.03 bits per heavy atom. The van der Waals surface area contributed by atoms with Gasteiger partial charge in [0.15, 0.2) is 0 Å². The van der Waals surface area contributed by atoms with Crippen molar-refractivity contribution in [2.75, 3.05) is 37.6 Å². The van der Waals surface area contributed by atoms with Crippen LogP contribution in [0.5, 0.6) is 0 Å². The van der Waals surface area contributed by atoms with E-state index in [1.54, 1.807) is 22.8 Å². The SMILES string of the molecule is CC[C@@H]1CCCCN1S(=O)(=O)c1ccc(S(=O)(=O)N2CCN(c3ncccn3)CC2)cc1. The van der Waals surface area contributed by atoms with Crippen LogP contribution in [0, 0.1) is 0 Å². The molecule has 3 heterocycles. The van der Waals surface area contributed by atoms with E-state index in [0.717, 1.165) is 25.7 Å². The van der Waals surface area contributed by atoms with Gasteiger partial charge in [-0.1, -0.05) is 13.3 Å². The van der Waals surface area contributed by atoms with E-state index in [0.29, 0.717) is 38.7 Å². The number of hydrogen-bond donors (Lipinski definition) is 0. The van der Waals surface area contributed by atoms with Crippen molar-refractivity contribution in [3.63, 3.8) is 0 Å². The van der Waals surface area contributed by atoms with Gasteiger partial charge in [0.1, 0.15) is 0 Å². The van der Waals surface area contributed by atoms with Crippen molar-refractivity contribution in [1.29, 1.82) is 0 Å². The lowest BCUT2D eigenvalue weighted by Gasteiger charge is -2.34. The van der Waals surface area contributed by atoms with Crippen LogP contribution in [-0.4, -0.2) is 74.2 Å². The van der Waals surface area contributed by atoms with E-state index >= 15 is 0 Å². The summed E-state index contributed by atoms with van der Waals surface area (Å²) in [4.78, 5) is 10.6. The average molecular weight is 480 g/mol. The maximum atomic E-state index is 13.1. The number of benzene rings is 1. The molecule has 1 atom stereocenters. The Labute approximate surface area is 190 Å². The Hall–Kier alpha value is -2.08. The van der Waals surface area contributed by atoms with Crippen LogP contribution in [0.3, 0.4) is 0 Å². The first-order valence-electron chi connectivity index (χ1n) is 11.0. The molecule has 0 aliphatic carbocycles. The summed E-state index contributed by atoms with van der Waals surface area (Å²) < 4.78 is 55.5. The Morgan fingerprint density at radius 2 is 1.44 bits per heavy atom. The predicted molar refractivity (Wildman–Crippen MR) is 121 cm³/mol. The van der Waals surface area contributed by atoms with Crippen molar-refractivity contribution in [1.82, 2.24) is 18.6 Å². The zero-order chi connectivity index (χ0) is 22.8. The third-order valence-corrected chi connectivity index (χ3v) is 10.1. The molecule has 2 fully saturated rings. The van der Waals surface area contributed by atoms with Gasteiger partial charge >= 0.3 is 0 Å². The first kappa shape index (κ1) is 23.1. The highest BCUT2D eigenvalue weighted by molar-refractivity contribution is 7.89. The van der Waals surface area contributed by atoms with E-state index in [9.17, 15) is 16.8 Å². The molecular weight excluding hydrogens is 450 g/mol. The second-order valence-corrected chi connectivity index (χ2v) is 11.9. The van der Waals surface area contributed by atoms with Gasteiger partial charge in [-0.3, -0.25) is 0 Å². The molecule has 32 heavy (non-hydrogen) atoms. The second kappa shape index (κ2) is 9.42. The smallest absolute Gasteiger partial charge is 0.243 e. The Balaban J connectivity index is 1.47. The Bertz CT molecular complexity index is 1120. The zero-order valence-corrected chi connectivity index (χ0v) is 19.8. The number of sulfonamides is 2. The fourth-order valence-electron chi connectivity index (χ4n) is 4.35. The lowest BCUT2D eigenvalue weighted by Crippen LogP contribution is -2.49.